The van der Waals surface area contributed by atoms with E-state index in [0.29, 0.717) is 29.4 Å². The number of amides is 1. The summed E-state index contributed by atoms with van der Waals surface area (Å²) < 4.78 is 41.7. The van der Waals surface area contributed by atoms with E-state index in [4.69, 9.17) is 14.2 Å². The van der Waals surface area contributed by atoms with Crippen LogP contribution >= 0.6 is 0 Å². The maximum Gasteiger partial charge on any atom is 0.261 e. The van der Waals surface area contributed by atoms with Gasteiger partial charge < -0.3 is 19.5 Å². The minimum absolute atomic E-state index is 0.232. The average Bonchev–Trinajstić information content (AvgIpc) is 2.71. The van der Waals surface area contributed by atoms with Crippen LogP contribution in [0.25, 0.3) is 0 Å². The summed E-state index contributed by atoms with van der Waals surface area (Å²) in [5, 5.41) is 3.07. The predicted octanol–water partition coefficient (Wildman–Crippen LogP) is 3.28. The Kier molecular flexibility index (Phi) is 6.59. The number of methoxy groups -OCH3 is 1. The Morgan fingerprint density at radius 2 is 1.81 bits per heavy atom. The number of ether oxygens (including phenoxy) is 3. The number of fused-ring (bicyclic) bond motifs is 1. The molecule has 0 unspecified atom stereocenters. The van der Waals surface area contributed by atoms with Crippen molar-refractivity contribution in [1.29, 1.82) is 0 Å². The summed E-state index contributed by atoms with van der Waals surface area (Å²) in [7, 11) is -0.277. The lowest BCUT2D eigenvalue weighted by atomic mass is 9.89. The third-order valence-electron chi connectivity index (χ3n) is 5.37. The molecule has 9 heteroatoms. The monoisotopic (exact) mass is 462 g/mol. The molecule has 0 saturated carbocycles. The van der Waals surface area contributed by atoms with Crippen molar-refractivity contribution in [2.24, 2.45) is 0 Å². The number of hydrogen-bond acceptors (Lipinski definition) is 6. The molecule has 1 heterocycles. The van der Waals surface area contributed by atoms with E-state index in [1.54, 1.807) is 38.3 Å². The molecule has 0 aliphatic carbocycles. The highest BCUT2D eigenvalue weighted by Gasteiger charge is 2.35. The molecule has 0 fully saturated rings. The standard InChI is InChI=1S/C23H30N2O6S/c1-15(30-17-9-7-16(8-10-17)25(4)32(6,27)28)22(26)24-20-14-23(2,3)31-21-13-18(29-5)11-12-19(20)21/h7-13,15,20H,14H2,1-6H3,(H,24,26)/t15-,20+/m0/s1. The molecule has 3 rings (SSSR count). The van der Waals surface area contributed by atoms with Crippen molar-refractivity contribution in [2.75, 3.05) is 24.7 Å². The average molecular weight is 463 g/mol. The van der Waals surface area contributed by atoms with Gasteiger partial charge in [-0.05, 0) is 57.2 Å². The summed E-state index contributed by atoms with van der Waals surface area (Å²) in [5.41, 5.74) is 0.940. The third kappa shape index (κ3) is 5.45. The van der Waals surface area contributed by atoms with E-state index in [1.807, 2.05) is 32.0 Å². The van der Waals surface area contributed by atoms with Gasteiger partial charge in [-0.2, -0.15) is 0 Å². The summed E-state index contributed by atoms with van der Waals surface area (Å²) in [5.74, 6) is 1.58. The van der Waals surface area contributed by atoms with E-state index < -0.39 is 21.7 Å². The van der Waals surface area contributed by atoms with Gasteiger partial charge in [0.05, 0.1) is 25.1 Å². The van der Waals surface area contributed by atoms with Crippen LogP contribution in [-0.2, 0) is 14.8 Å². The number of carbonyl (C=O) groups is 1. The van der Waals surface area contributed by atoms with Crippen molar-refractivity contribution < 1.29 is 27.4 Å². The van der Waals surface area contributed by atoms with E-state index in [9.17, 15) is 13.2 Å². The van der Waals surface area contributed by atoms with Crippen LogP contribution < -0.4 is 23.8 Å². The number of rotatable bonds is 7. The van der Waals surface area contributed by atoms with Gasteiger partial charge in [0.25, 0.3) is 5.91 Å². The molecule has 32 heavy (non-hydrogen) atoms. The van der Waals surface area contributed by atoms with E-state index in [2.05, 4.69) is 5.32 Å². The number of benzene rings is 2. The van der Waals surface area contributed by atoms with Crippen LogP contribution in [-0.4, -0.2) is 46.4 Å². The maximum absolute atomic E-state index is 12.9. The van der Waals surface area contributed by atoms with Crippen molar-refractivity contribution in [2.45, 2.75) is 44.9 Å². The summed E-state index contributed by atoms with van der Waals surface area (Å²) in [4.78, 5) is 12.9. The molecular formula is C23H30N2O6S. The fourth-order valence-corrected chi connectivity index (χ4v) is 4.07. The molecule has 0 aromatic heterocycles. The molecule has 1 amide bonds. The van der Waals surface area contributed by atoms with E-state index in [-0.39, 0.29) is 11.9 Å². The first kappa shape index (κ1) is 23.7. The highest BCUT2D eigenvalue weighted by molar-refractivity contribution is 7.92. The van der Waals surface area contributed by atoms with E-state index in [1.165, 1.54) is 11.4 Å². The Bertz CT molecular complexity index is 1080. The second-order valence-corrected chi connectivity index (χ2v) is 10.5. The van der Waals surface area contributed by atoms with Crippen molar-refractivity contribution in [3.05, 3.63) is 48.0 Å². The molecular weight excluding hydrogens is 432 g/mol. The Hall–Kier alpha value is -2.94. The van der Waals surface area contributed by atoms with Crippen LogP contribution in [0.1, 0.15) is 38.8 Å². The minimum Gasteiger partial charge on any atom is -0.497 e. The zero-order valence-electron chi connectivity index (χ0n) is 19.2. The highest BCUT2D eigenvalue weighted by Crippen LogP contribution is 2.41. The lowest BCUT2D eigenvalue weighted by molar-refractivity contribution is -0.128. The first-order chi connectivity index (χ1) is 14.9. The Labute approximate surface area is 189 Å². The molecule has 0 saturated heterocycles. The predicted molar refractivity (Wildman–Crippen MR) is 123 cm³/mol. The normalized spacial score (nSPS) is 18.0. The number of anilines is 1. The summed E-state index contributed by atoms with van der Waals surface area (Å²) >= 11 is 0. The quantitative estimate of drug-likeness (QED) is 0.679. The first-order valence-corrected chi connectivity index (χ1v) is 12.1. The SMILES string of the molecule is COc1ccc2c(c1)OC(C)(C)C[C@H]2NC(=O)[C@H](C)Oc1ccc(N(C)S(C)(=O)=O)cc1. The van der Waals surface area contributed by atoms with Crippen molar-refractivity contribution in [3.8, 4) is 17.2 Å². The second-order valence-electron chi connectivity index (χ2n) is 8.52. The number of sulfonamides is 1. The fraction of sp³-hybridized carbons (Fsp3) is 0.435. The Morgan fingerprint density at radius 3 is 2.41 bits per heavy atom. The molecule has 2 atom stereocenters. The molecule has 1 N–H and O–H groups in total. The van der Waals surface area contributed by atoms with Gasteiger partial charge >= 0.3 is 0 Å². The Balaban J connectivity index is 1.69. The van der Waals surface area contributed by atoms with Crippen LogP contribution in [0.4, 0.5) is 5.69 Å². The summed E-state index contributed by atoms with van der Waals surface area (Å²) in [6.45, 7) is 5.62. The van der Waals surface area contributed by atoms with Crippen LogP contribution in [0, 0.1) is 0 Å². The van der Waals surface area contributed by atoms with Crippen molar-refractivity contribution in [1.82, 2.24) is 5.32 Å². The molecule has 1 aliphatic rings. The van der Waals surface area contributed by atoms with Crippen LogP contribution in [0.2, 0.25) is 0 Å². The maximum atomic E-state index is 12.9. The van der Waals surface area contributed by atoms with E-state index >= 15 is 0 Å². The second kappa shape index (κ2) is 8.90. The van der Waals surface area contributed by atoms with Crippen molar-refractivity contribution >= 4 is 21.6 Å². The van der Waals surface area contributed by atoms with Gasteiger partial charge in [-0.15, -0.1) is 0 Å². The van der Waals surface area contributed by atoms with Gasteiger partial charge in [-0.25, -0.2) is 8.42 Å². The van der Waals surface area contributed by atoms with Gasteiger partial charge in [0.15, 0.2) is 6.10 Å². The largest absolute Gasteiger partial charge is 0.497 e. The highest BCUT2D eigenvalue weighted by atomic mass is 32.2. The summed E-state index contributed by atoms with van der Waals surface area (Å²) in [6.07, 6.45) is 0.994. The number of nitrogens with one attached hydrogen (secondary N) is 1. The van der Waals surface area contributed by atoms with Gasteiger partial charge in [0.1, 0.15) is 22.8 Å². The number of nitrogens with zero attached hydrogens (tertiary/aromatic N) is 1. The van der Waals surface area contributed by atoms with Gasteiger partial charge in [-0.1, -0.05) is 0 Å². The van der Waals surface area contributed by atoms with Crippen molar-refractivity contribution in [3.63, 3.8) is 0 Å². The molecule has 2 aromatic rings. The van der Waals surface area contributed by atoms with Crippen LogP contribution in [0.3, 0.4) is 0 Å². The van der Waals surface area contributed by atoms with Crippen LogP contribution in [0.5, 0.6) is 17.2 Å². The number of hydrogen-bond donors (Lipinski definition) is 1. The van der Waals surface area contributed by atoms with Gasteiger partial charge in [0, 0.05) is 25.1 Å². The van der Waals surface area contributed by atoms with Crippen LogP contribution in [0.15, 0.2) is 42.5 Å². The number of carbonyl (C=O) groups excluding carboxylic acids is 1. The molecule has 1 aliphatic heterocycles. The Morgan fingerprint density at radius 1 is 1.19 bits per heavy atom. The third-order valence-corrected chi connectivity index (χ3v) is 6.58. The van der Waals surface area contributed by atoms with Gasteiger partial charge in [-0.3, -0.25) is 9.10 Å². The fourth-order valence-electron chi connectivity index (χ4n) is 3.56. The summed E-state index contributed by atoms with van der Waals surface area (Å²) in [6, 6.07) is 11.9. The lowest BCUT2D eigenvalue weighted by Crippen LogP contribution is -2.44. The molecule has 2 aromatic carbocycles. The topological polar surface area (TPSA) is 94.2 Å². The zero-order valence-corrected chi connectivity index (χ0v) is 20.0. The molecule has 0 radical (unpaired) electrons. The van der Waals surface area contributed by atoms with E-state index in [0.717, 1.165) is 11.8 Å². The smallest absolute Gasteiger partial charge is 0.261 e. The molecule has 8 nitrogen and oxygen atoms in total. The molecule has 0 bridgehead atoms. The first-order valence-electron chi connectivity index (χ1n) is 10.3. The van der Waals surface area contributed by atoms with Gasteiger partial charge in [0.2, 0.25) is 10.0 Å². The lowest BCUT2D eigenvalue weighted by Gasteiger charge is -2.38. The molecule has 0 spiro atoms. The zero-order chi connectivity index (χ0) is 23.7. The molecule has 174 valence electrons. The minimum atomic E-state index is -3.35.